The van der Waals surface area contributed by atoms with Crippen molar-refractivity contribution in [2.45, 2.75) is 31.0 Å². The van der Waals surface area contributed by atoms with Crippen LogP contribution in [0.15, 0.2) is 24.3 Å². The molecule has 0 spiro atoms. The molecule has 0 aromatic heterocycles. The summed E-state index contributed by atoms with van der Waals surface area (Å²) >= 11 is 3.55. The molecule has 1 aromatic carbocycles. The fourth-order valence-corrected chi connectivity index (χ4v) is 2.67. The second kappa shape index (κ2) is 6.94. The lowest BCUT2D eigenvalue weighted by atomic mass is 10.2. The second-order valence-electron chi connectivity index (χ2n) is 4.86. The van der Waals surface area contributed by atoms with Crippen molar-refractivity contribution in [2.75, 3.05) is 19.7 Å². The summed E-state index contributed by atoms with van der Waals surface area (Å²) < 4.78 is 5.59. The van der Waals surface area contributed by atoms with Crippen LogP contribution in [0.2, 0.25) is 0 Å². The van der Waals surface area contributed by atoms with Crippen LogP contribution in [0.4, 0.5) is 0 Å². The number of nitrogens with zero attached hydrogens (tertiary/aromatic N) is 1. The minimum atomic E-state index is 0.113. The number of benzene rings is 1. The van der Waals surface area contributed by atoms with Gasteiger partial charge in [-0.25, -0.2) is 0 Å². The number of halogens is 1. The maximum Gasteiger partial charge on any atom is 0.253 e. The first-order valence-corrected chi connectivity index (χ1v) is 7.78. The third kappa shape index (κ3) is 3.96. The van der Waals surface area contributed by atoms with Gasteiger partial charge in [0.05, 0.1) is 6.61 Å². The molecule has 0 N–H and O–H groups in total. The van der Waals surface area contributed by atoms with Gasteiger partial charge in [-0.1, -0.05) is 29.3 Å². The fourth-order valence-electron chi connectivity index (χ4n) is 2.11. The molecular weight excluding hydrogens is 306 g/mol. The topological polar surface area (TPSA) is 29.5 Å². The summed E-state index contributed by atoms with van der Waals surface area (Å²) in [5.74, 6) is 0.951. The number of unbranched alkanes of at least 4 members (excludes halogenated alkanes) is 1. The fraction of sp³-hybridized carbons (Fsp3) is 0.533. The van der Waals surface area contributed by atoms with Gasteiger partial charge in [0.1, 0.15) is 5.75 Å². The highest BCUT2D eigenvalue weighted by atomic mass is 79.9. The molecule has 19 heavy (non-hydrogen) atoms. The summed E-state index contributed by atoms with van der Waals surface area (Å²) in [7, 11) is 0. The first-order valence-electron chi connectivity index (χ1n) is 6.87. The molecule has 104 valence electrons. The van der Waals surface area contributed by atoms with Gasteiger partial charge in [-0.3, -0.25) is 4.79 Å². The largest absolute Gasteiger partial charge is 0.494 e. The van der Waals surface area contributed by atoms with Gasteiger partial charge in [-0.05, 0) is 37.1 Å². The van der Waals surface area contributed by atoms with Gasteiger partial charge in [0.2, 0.25) is 0 Å². The van der Waals surface area contributed by atoms with Crippen LogP contribution >= 0.6 is 15.9 Å². The van der Waals surface area contributed by atoms with E-state index in [4.69, 9.17) is 4.74 Å². The SMILES string of the molecule is CCCCOc1ccc(C(=O)N2CCC(Br)C2)cc1. The molecule has 1 aromatic rings. The Morgan fingerprint density at radius 3 is 2.74 bits per heavy atom. The number of alkyl halides is 1. The number of rotatable bonds is 5. The van der Waals surface area contributed by atoms with E-state index in [0.717, 1.165) is 50.3 Å². The van der Waals surface area contributed by atoms with Gasteiger partial charge in [0.15, 0.2) is 0 Å². The summed E-state index contributed by atoms with van der Waals surface area (Å²) in [5.41, 5.74) is 0.740. The predicted octanol–water partition coefficient (Wildman–Crippen LogP) is 3.47. The number of ether oxygens (including phenoxy) is 1. The molecule has 1 aliphatic heterocycles. The smallest absolute Gasteiger partial charge is 0.253 e. The summed E-state index contributed by atoms with van der Waals surface area (Å²) in [6, 6.07) is 7.46. The summed E-state index contributed by atoms with van der Waals surface area (Å²) in [5, 5.41) is 0. The van der Waals surface area contributed by atoms with E-state index in [9.17, 15) is 4.79 Å². The normalized spacial score (nSPS) is 18.6. The van der Waals surface area contributed by atoms with E-state index < -0.39 is 0 Å². The number of hydrogen-bond acceptors (Lipinski definition) is 2. The maximum atomic E-state index is 12.2. The lowest BCUT2D eigenvalue weighted by Gasteiger charge is -2.15. The Hall–Kier alpha value is -1.03. The van der Waals surface area contributed by atoms with Crippen molar-refractivity contribution in [1.29, 1.82) is 0 Å². The molecule has 0 aliphatic carbocycles. The average Bonchev–Trinajstić information content (AvgIpc) is 2.86. The Kier molecular flexibility index (Phi) is 5.25. The highest BCUT2D eigenvalue weighted by molar-refractivity contribution is 9.09. The molecular formula is C15H20BrNO2. The van der Waals surface area contributed by atoms with E-state index in [-0.39, 0.29) is 5.91 Å². The van der Waals surface area contributed by atoms with Crippen LogP contribution in [-0.2, 0) is 0 Å². The Morgan fingerprint density at radius 1 is 1.42 bits per heavy atom. The van der Waals surface area contributed by atoms with Gasteiger partial charge >= 0.3 is 0 Å². The third-order valence-electron chi connectivity index (χ3n) is 3.29. The molecule has 0 radical (unpaired) electrons. The van der Waals surface area contributed by atoms with Crippen molar-refractivity contribution < 1.29 is 9.53 Å². The van der Waals surface area contributed by atoms with E-state index in [1.165, 1.54) is 0 Å². The zero-order chi connectivity index (χ0) is 13.7. The number of hydrogen-bond donors (Lipinski definition) is 0. The Morgan fingerprint density at radius 2 is 2.16 bits per heavy atom. The molecule has 2 rings (SSSR count). The summed E-state index contributed by atoms with van der Waals surface area (Å²) in [6.07, 6.45) is 3.21. The average molecular weight is 326 g/mol. The molecule has 1 amide bonds. The van der Waals surface area contributed by atoms with Gasteiger partial charge in [-0.2, -0.15) is 0 Å². The Bertz CT molecular complexity index is 419. The standard InChI is InChI=1S/C15H20BrNO2/c1-2-3-10-19-14-6-4-12(5-7-14)15(18)17-9-8-13(16)11-17/h4-7,13H,2-3,8-11H2,1H3. The van der Waals surface area contributed by atoms with Crippen molar-refractivity contribution in [3.8, 4) is 5.75 Å². The van der Waals surface area contributed by atoms with Crippen LogP contribution < -0.4 is 4.74 Å². The molecule has 1 unspecified atom stereocenters. The van der Waals surface area contributed by atoms with Crippen LogP contribution in [0, 0.1) is 0 Å². The molecule has 1 aliphatic rings. The summed E-state index contributed by atoms with van der Waals surface area (Å²) in [6.45, 7) is 4.51. The minimum Gasteiger partial charge on any atom is -0.494 e. The number of amides is 1. The predicted molar refractivity (Wildman–Crippen MR) is 80.1 cm³/mol. The van der Waals surface area contributed by atoms with Crippen molar-refractivity contribution in [1.82, 2.24) is 4.90 Å². The van der Waals surface area contributed by atoms with Crippen LogP contribution in [-0.4, -0.2) is 35.3 Å². The lowest BCUT2D eigenvalue weighted by Crippen LogP contribution is -2.28. The second-order valence-corrected chi connectivity index (χ2v) is 6.16. The summed E-state index contributed by atoms with van der Waals surface area (Å²) in [4.78, 5) is 14.6. The molecule has 1 fully saturated rings. The third-order valence-corrected chi connectivity index (χ3v) is 4.03. The molecule has 1 atom stereocenters. The number of carbonyl (C=O) groups excluding carboxylic acids is 1. The van der Waals surface area contributed by atoms with Crippen LogP contribution in [0.1, 0.15) is 36.5 Å². The van der Waals surface area contributed by atoms with Gasteiger partial charge in [-0.15, -0.1) is 0 Å². The van der Waals surface area contributed by atoms with Gasteiger partial charge < -0.3 is 9.64 Å². The van der Waals surface area contributed by atoms with E-state index in [0.29, 0.717) is 4.83 Å². The molecule has 1 saturated heterocycles. The highest BCUT2D eigenvalue weighted by Crippen LogP contribution is 2.20. The first-order chi connectivity index (χ1) is 9.20. The number of likely N-dealkylation sites (tertiary alicyclic amines) is 1. The van der Waals surface area contributed by atoms with Crippen molar-refractivity contribution in [2.24, 2.45) is 0 Å². The highest BCUT2D eigenvalue weighted by Gasteiger charge is 2.24. The number of carbonyl (C=O) groups is 1. The monoisotopic (exact) mass is 325 g/mol. The minimum absolute atomic E-state index is 0.113. The van der Waals surface area contributed by atoms with E-state index in [2.05, 4.69) is 22.9 Å². The van der Waals surface area contributed by atoms with Crippen LogP contribution in [0.25, 0.3) is 0 Å². The zero-order valence-corrected chi connectivity index (χ0v) is 12.9. The van der Waals surface area contributed by atoms with E-state index in [1.54, 1.807) is 0 Å². The van der Waals surface area contributed by atoms with Gasteiger partial charge in [0, 0.05) is 23.5 Å². The zero-order valence-electron chi connectivity index (χ0n) is 11.3. The lowest BCUT2D eigenvalue weighted by molar-refractivity contribution is 0.0793. The Balaban J connectivity index is 1.92. The molecule has 0 saturated carbocycles. The quantitative estimate of drug-likeness (QED) is 0.612. The van der Waals surface area contributed by atoms with Crippen molar-refractivity contribution >= 4 is 21.8 Å². The first kappa shape index (κ1) is 14.4. The molecule has 4 heteroatoms. The van der Waals surface area contributed by atoms with Crippen LogP contribution in [0.3, 0.4) is 0 Å². The Labute approximate surface area is 123 Å². The van der Waals surface area contributed by atoms with Crippen molar-refractivity contribution in [3.05, 3.63) is 29.8 Å². The van der Waals surface area contributed by atoms with Crippen molar-refractivity contribution in [3.63, 3.8) is 0 Å². The molecule has 0 bridgehead atoms. The molecule has 1 heterocycles. The molecule has 3 nitrogen and oxygen atoms in total. The van der Waals surface area contributed by atoms with Crippen LogP contribution in [0.5, 0.6) is 5.75 Å². The maximum absolute atomic E-state index is 12.2. The van der Waals surface area contributed by atoms with E-state index >= 15 is 0 Å². The van der Waals surface area contributed by atoms with E-state index in [1.807, 2.05) is 29.2 Å². The van der Waals surface area contributed by atoms with Gasteiger partial charge in [0.25, 0.3) is 5.91 Å².